The molecule has 1 saturated heterocycles. The molecule has 1 heterocycles. The topological polar surface area (TPSA) is 59.0 Å². The molecule has 0 spiro atoms. The van der Waals surface area contributed by atoms with Gasteiger partial charge >= 0.3 is 0 Å². The van der Waals surface area contributed by atoms with Crippen molar-refractivity contribution >= 4 is 5.78 Å². The van der Waals surface area contributed by atoms with Gasteiger partial charge in [0.25, 0.3) is 0 Å². The van der Waals surface area contributed by atoms with Crippen LogP contribution in [0.15, 0.2) is 12.1 Å². The molecule has 1 atom stereocenters. The molecule has 5 heteroatoms. The molecule has 5 nitrogen and oxygen atoms in total. The van der Waals surface area contributed by atoms with Crippen LogP contribution in [0, 0.1) is 0 Å². The Morgan fingerprint density at radius 1 is 0.811 bits per heavy atom. The lowest BCUT2D eigenvalue weighted by atomic mass is 9.86. The Bertz CT molecular complexity index is 719. The van der Waals surface area contributed by atoms with E-state index in [1.807, 2.05) is 0 Å². The molecule has 37 heavy (non-hydrogen) atoms. The predicted octanol–water partition coefficient (Wildman–Crippen LogP) is 8.42. The zero-order valence-electron chi connectivity index (χ0n) is 24.2. The molecular formula is C32H55NO4. The number of hydrogen-bond acceptors (Lipinski definition) is 5. The van der Waals surface area contributed by atoms with Gasteiger partial charge in [0.2, 0.25) is 0 Å². The molecule has 0 amide bonds. The van der Waals surface area contributed by atoms with Gasteiger partial charge in [-0.15, -0.1) is 0 Å². The first kappa shape index (κ1) is 31.5. The number of aromatic hydroxyl groups is 1. The minimum absolute atomic E-state index is 0.0964. The fraction of sp³-hybridized carbons (Fsp3) is 0.781. The molecule has 1 aliphatic rings. The van der Waals surface area contributed by atoms with E-state index >= 15 is 0 Å². The molecule has 1 unspecified atom stereocenters. The van der Waals surface area contributed by atoms with Crippen LogP contribution in [-0.2, 0) is 4.79 Å². The van der Waals surface area contributed by atoms with Crippen molar-refractivity contribution in [3.05, 3.63) is 17.7 Å². The third-order valence-corrected chi connectivity index (χ3v) is 7.96. The van der Waals surface area contributed by atoms with Gasteiger partial charge < -0.3 is 19.5 Å². The molecule has 0 aromatic heterocycles. The summed E-state index contributed by atoms with van der Waals surface area (Å²) in [5, 5.41) is 10.1. The SMILES string of the molecule is CCCCCCCCCCCCCCC(C(=O)CCCN1CCCCC1)c1c(OC)cc(O)cc1OC. The second-order valence-corrected chi connectivity index (χ2v) is 11.0. The van der Waals surface area contributed by atoms with E-state index in [1.165, 1.54) is 83.5 Å². The molecular weight excluding hydrogens is 462 g/mol. The van der Waals surface area contributed by atoms with Gasteiger partial charge in [0.05, 0.1) is 20.1 Å². The van der Waals surface area contributed by atoms with Gasteiger partial charge in [-0.05, 0) is 45.3 Å². The molecule has 0 aliphatic carbocycles. The Balaban J connectivity index is 1.86. The minimum Gasteiger partial charge on any atom is -0.508 e. The van der Waals surface area contributed by atoms with Crippen molar-refractivity contribution in [2.24, 2.45) is 0 Å². The van der Waals surface area contributed by atoms with Crippen LogP contribution >= 0.6 is 0 Å². The van der Waals surface area contributed by atoms with Crippen molar-refractivity contribution in [2.45, 2.75) is 128 Å². The lowest BCUT2D eigenvalue weighted by Gasteiger charge is -2.26. The molecule has 2 rings (SSSR count). The Morgan fingerprint density at radius 2 is 1.32 bits per heavy atom. The van der Waals surface area contributed by atoms with E-state index in [1.54, 1.807) is 26.4 Å². The van der Waals surface area contributed by atoms with E-state index < -0.39 is 0 Å². The number of nitrogens with zero attached hydrogens (tertiary/aromatic N) is 1. The van der Waals surface area contributed by atoms with E-state index in [-0.39, 0.29) is 17.5 Å². The van der Waals surface area contributed by atoms with E-state index in [0.717, 1.165) is 50.9 Å². The Kier molecular flexibility index (Phi) is 16.4. The van der Waals surface area contributed by atoms with Crippen LogP contribution in [0.25, 0.3) is 0 Å². The summed E-state index contributed by atoms with van der Waals surface area (Å²) in [7, 11) is 3.19. The van der Waals surface area contributed by atoms with Gasteiger partial charge in [-0.3, -0.25) is 4.79 Å². The maximum Gasteiger partial charge on any atom is 0.140 e. The maximum atomic E-state index is 13.5. The van der Waals surface area contributed by atoms with Crippen LogP contribution in [-0.4, -0.2) is 49.6 Å². The second-order valence-electron chi connectivity index (χ2n) is 11.0. The Labute approximate surface area is 227 Å². The first-order chi connectivity index (χ1) is 18.1. The fourth-order valence-electron chi connectivity index (χ4n) is 5.76. The molecule has 0 bridgehead atoms. The molecule has 0 saturated carbocycles. The number of carbonyl (C=O) groups is 1. The Morgan fingerprint density at radius 3 is 1.84 bits per heavy atom. The van der Waals surface area contributed by atoms with Crippen LogP contribution in [0.5, 0.6) is 17.2 Å². The average molecular weight is 518 g/mol. The number of unbranched alkanes of at least 4 members (excludes halogenated alkanes) is 11. The van der Waals surface area contributed by atoms with Gasteiger partial charge in [-0.1, -0.05) is 90.4 Å². The molecule has 1 aromatic rings. The monoisotopic (exact) mass is 517 g/mol. The summed E-state index contributed by atoms with van der Waals surface area (Å²) in [6, 6.07) is 3.21. The largest absolute Gasteiger partial charge is 0.508 e. The number of ether oxygens (including phenoxy) is 2. The molecule has 0 radical (unpaired) electrons. The van der Waals surface area contributed by atoms with Crippen molar-refractivity contribution in [1.82, 2.24) is 4.90 Å². The number of likely N-dealkylation sites (tertiary alicyclic amines) is 1. The summed E-state index contributed by atoms with van der Waals surface area (Å²) < 4.78 is 11.2. The average Bonchev–Trinajstić information content (AvgIpc) is 2.91. The van der Waals surface area contributed by atoms with E-state index in [4.69, 9.17) is 9.47 Å². The summed E-state index contributed by atoms with van der Waals surface area (Å²) in [5.41, 5.74) is 0.800. The highest BCUT2D eigenvalue weighted by atomic mass is 16.5. The molecule has 1 fully saturated rings. The number of rotatable bonds is 21. The number of hydrogen-bond donors (Lipinski definition) is 1. The van der Waals surface area contributed by atoms with Crippen LogP contribution in [0.4, 0.5) is 0 Å². The maximum absolute atomic E-state index is 13.5. The van der Waals surface area contributed by atoms with Gasteiger partial charge in [0.15, 0.2) is 0 Å². The standard InChI is InChI=1S/C32H55NO4/c1-4-5-6-7-8-9-10-11-12-13-14-16-20-28(29(35)21-19-24-33-22-17-15-18-23-33)32-30(36-2)25-27(34)26-31(32)37-3/h25-26,28,34H,4-24H2,1-3H3. The van der Waals surface area contributed by atoms with Crippen LogP contribution in [0.3, 0.4) is 0 Å². The van der Waals surface area contributed by atoms with Crippen molar-refractivity contribution in [2.75, 3.05) is 33.9 Å². The number of Topliss-reactive ketones (excluding diaryl/α,β-unsaturated/α-hetero) is 1. The minimum atomic E-state index is -0.255. The molecule has 212 valence electrons. The third-order valence-electron chi connectivity index (χ3n) is 7.96. The summed E-state index contributed by atoms with van der Waals surface area (Å²) in [5.74, 6) is 1.20. The van der Waals surface area contributed by atoms with Crippen LogP contribution in [0.2, 0.25) is 0 Å². The van der Waals surface area contributed by atoms with Crippen LogP contribution in [0.1, 0.15) is 134 Å². The van der Waals surface area contributed by atoms with Gasteiger partial charge in [0, 0.05) is 24.1 Å². The zero-order chi connectivity index (χ0) is 26.7. The van der Waals surface area contributed by atoms with Crippen LogP contribution < -0.4 is 9.47 Å². The predicted molar refractivity (Wildman–Crippen MR) is 154 cm³/mol. The number of benzene rings is 1. The number of phenols is 1. The van der Waals surface area contributed by atoms with Crippen molar-refractivity contribution < 1.29 is 19.4 Å². The Hall–Kier alpha value is -1.75. The molecule has 1 aliphatic heterocycles. The van der Waals surface area contributed by atoms with Crippen molar-refractivity contribution in [3.8, 4) is 17.2 Å². The van der Waals surface area contributed by atoms with E-state index in [2.05, 4.69) is 11.8 Å². The van der Waals surface area contributed by atoms with Gasteiger partial charge in [0.1, 0.15) is 23.0 Å². The second kappa shape index (κ2) is 19.3. The first-order valence-electron chi connectivity index (χ1n) is 15.3. The smallest absolute Gasteiger partial charge is 0.140 e. The quantitative estimate of drug-likeness (QED) is 0.166. The van der Waals surface area contributed by atoms with E-state index in [0.29, 0.717) is 17.9 Å². The third kappa shape index (κ3) is 12.1. The summed E-state index contributed by atoms with van der Waals surface area (Å²) in [6.07, 6.45) is 21.8. The summed E-state index contributed by atoms with van der Waals surface area (Å²) in [4.78, 5) is 16.0. The van der Waals surface area contributed by atoms with Gasteiger partial charge in [-0.2, -0.15) is 0 Å². The number of carbonyl (C=O) groups excluding carboxylic acids is 1. The number of methoxy groups -OCH3 is 2. The number of phenolic OH excluding ortho intramolecular Hbond substituents is 1. The normalized spacial score (nSPS) is 15.0. The zero-order valence-corrected chi connectivity index (χ0v) is 24.2. The number of piperidine rings is 1. The highest BCUT2D eigenvalue weighted by Crippen LogP contribution is 2.42. The summed E-state index contributed by atoms with van der Waals surface area (Å²) in [6.45, 7) is 5.60. The first-order valence-corrected chi connectivity index (χ1v) is 15.3. The fourth-order valence-corrected chi connectivity index (χ4v) is 5.76. The summed E-state index contributed by atoms with van der Waals surface area (Å²) >= 11 is 0. The molecule has 1 aromatic carbocycles. The van der Waals surface area contributed by atoms with E-state index in [9.17, 15) is 9.90 Å². The van der Waals surface area contributed by atoms with Crippen molar-refractivity contribution in [1.29, 1.82) is 0 Å². The van der Waals surface area contributed by atoms with Gasteiger partial charge in [-0.25, -0.2) is 0 Å². The molecule has 1 N–H and O–H groups in total. The lowest BCUT2D eigenvalue weighted by molar-refractivity contribution is -0.121. The lowest BCUT2D eigenvalue weighted by Crippen LogP contribution is -2.31. The number of ketones is 1. The highest BCUT2D eigenvalue weighted by Gasteiger charge is 2.28. The highest BCUT2D eigenvalue weighted by molar-refractivity contribution is 5.87. The van der Waals surface area contributed by atoms with Crippen molar-refractivity contribution in [3.63, 3.8) is 0 Å².